The SMILES string of the molecule is CCC(C)(CCC(C)CCS(=O)(=O)CC)C(=O)Cl. The molecule has 5 heteroatoms. The van der Waals surface area contributed by atoms with Crippen LogP contribution < -0.4 is 0 Å². The molecule has 108 valence electrons. The third kappa shape index (κ3) is 6.19. The van der Waals surface area contributed by atoms with E-state index in [0.29, 0.717) is 12.3 Å². The number of carbonyl (C=O) groups is 1. The van der Waals surface area contributed by atoms with Crippen molar-refractivity contribution in [3.05, 3.63) is 0 Å². The van der Waals surface area contributed by atoms with E-state index in [4.69, 9.17) is 11.6 Å². The molecule has 0 aliphatic heterocycles. The van der Waals surface area contributed by atoms with Crippen LogP contribution in [0.1, 0.15) is 53.4 Å². The third-order valence-corrected chi connectivity index (χ3v) is 6.00. The molecule has 0 radical (unpaired) electrons. The molecule has 0 aromatic carbocycles. The van der Waals surface area contributed by atoms with Crippen molar-refractivity contribution in [3.63, 3.8) is 0 Å². The normalized spacial score (nSPS) is 17.2. The molecule has 0 rings (SSSR count). The molecule has 18 heavy (non-hydrogen) atoms. The Balaban J connectivity index is 4.19. The van der Waals surface area contributed by atoms with E-state index in [1.807, 2.05) is 20.8 Å². The van der Waals surface area contributed by atoms with Crippen molar-refractivity contribution >= 4 is 26.7 Å². The average molecular weight is 297 g/mol. The smallest absolute Gasteiger partial charge is 0.227 e. The summed E-state index contributed by atoms with van der Waals surface area (Å²) in [5.74, 6) is 0.739. The fourth-order valence-corrected chi connectivity index (χ4v) is 2.93. The van der Waals surface area contributed by atoms with Gasteiger partial charge in [0.25, 0.3) is 0 Å². The predicted molar refractivity (Wildman–Crippen MR) is 76.6 cm³/mol. The lowest BCUT2D eigenvalue weighted by molar-refractivity contribution is -0.120. The first-order valence-corrected chi connectivity index (χ1v) is 8.77. The van der Waals surface area contributed by atoms with E-state index in [9.17, 15) is 13.2 Å². The summed E-state index contributed by atoms with van der Waals surface area (Å²) < 4.78 is 22.8. The van der Waals surface area contributed by atoms with Crippen LogP contribution >= 0.6 is 11.6 Å². The molecule has 2 unspecified atom stereocenters. The summed E-state index contributed by atoms with van der Waals surface area (Å²) >= 11 is 5.61. The number of halogens is 1. The highest BCUT2D eigenvalue weighted by Gasteiger charge is 2.29. The topological polar surface area (TPSA) is 51.2 Å². The summed E-state index contributed by atoms with van der Waals surface area (Å²) in [5, 5.41) is -0.293. The molecule has 0 aliphatic carbocycles. The van der Waals surface area contributed by atoms with E-state index in [0.717, 1.165) is 19.3 Å². The standard InChI is InChI=1S/C13H25ClO3S/c1-5-13(4,12(14)15)9-7-11(3)8-10-18(16,17)6-2/h11H,5-10H2,1-4H3. The van der Waals surface area contributed by atoms with Crippen molar-refractivity contribution in [3.8, 4) is 0 Å². The molecule has 0 amide bonds. The molecule has 0 saturated heterocycles. The molecular formula is C13H25ClO3S. The molecule has 0 heterocycles. The van der Waals surface area contributed by atoms with Gasteiger partial charge in [-0.05, 0) is 43.2 Å². The van der Waals surface area contributed by atoms with Gasteiger partial charge in [-0.2, -0.15) is 0 Å². The minimum Gasteiger partial charge on any atom is -0.281 e. The molecule has 0 spiro atoms. The fraction of sp³-hybridized carbons (Fsp3) is 0.923. The second-order valence-corrected chi connectivity index (χ2v) is 8.17. The van der Waals surface area contributed by atoms with Crippen LogP contribution in [0.4, 0.5) is 0 Å². The van der Waals surface area contributed by atoms with Gasteiger partial charge in [0.2, 0.25) is 5.24 Å². The summed E-state index contributed by atoms with van der Waals surface area (Å²) in [7, 11) is -2.88. The van der Waals surface area contributed by atoms with Gasteiger partial charge in [0.15, 0.2) is 0 Å². The second-order valence-electron chi connectivity index (χ2n) is 5.36. The van der Waals surface area contributed by atoms with Gasteiger partial charge >= 0.3 is 0 Å². The van der Waals surface area contributed by atoms with Gasteiger partial charge in [-0.15, -0.1) is 0 Å². The molecule has 0 fully saturated rings. The van der Waals surface area contributed by atoms with Gasteiger partial charge in [-0.3, -0.25) is 4.79 Å². The van der Waals surface area contributed by atoms with Crippen LogP contribution in [0.25, 0.3) is 0 Å². The molecule has 0 aromatic rings. The predicted octanol–water partition coefficient (Wildman–Crippen LogP) is 3.41. The highest BCUT2D eigenvalue weighted by atomic mass is 35.5. The van der Waals surface area contributed by atoms with Crippen LogP contribution in [-0.4, -0.2) is 25.2 Å². The van der Waals surface area contributed by atoms with Crippen molar-refractivity contribution in [2.75, 3.05) is 11.5 Å². The van der Waals surface area contributed by atoms with Gasteiger partial charge < -0.3 is 0 Å². The zero-order valence-electron chi connectivity index (χ0n) is 11.8. The lowest BCUT2D eigenvalue weighted by atomic mass is 9.81. The van der Waals surface area contributed by atoms with E-state index >= 15 is 0 Å². The van der Waals surface area contributed by atoms with Crippen molar-refractivity contribution in [2.45, 2.75) is 53.4 Å². The summed E-state index contributed by atoms with van der Waals surface area (Å²) in [4.78, 5) is 11.3. The van der Waals surface area contributed by atoms with E-state index in [1.165, 1.54) is 0 Å². The van der Waals surface area contributed by atoms with Gasteiger partial charge in [0, 0.05) is 11.2 Å². The van der Waals surface area contributed by atoms with Gasteiger partial charge in [0.05, 0.1) is 5.75 Å². The Morgan fingerprint density at radius 3 is 2.22 bits per heavy atom. The Morgan fingerprint density at radius 1 is 1.28 bits per heavy atom. The van der Waals surface area contributed by atoms with E-state index < -0.39 is 15.3 Å². The number of hydrogen-bond acceptors (Lipinski definition) is 3. The molecule has 0 N–H and O–H groups in total. The number of carbonyl (C=O) groups excluding carboxylic acids is 1. The van der Waals surface area contributed by atoms with Crippen molar-refractivity contribution in [2.24, 2.45) is 11.3 Å². The molecular weight excluding hydrogens is 272 g/mol. The van der Waals surface area contributed by atoms with Crippen molar-refractivity contribution < 1.29 is 13.2 Å². The summed E-state index contributed by atoms with van der Waals surface area (Å²) in [6.07, 6.45) is 2.93. The number of sulfone groups is 1. The van der Waals surface area contributed by atoms with E-state index in [2.05, 4.69) is 0 Å². The van der Waals surface area contributed by atoms with Crippen LogP contribution in [-0.2, 0) is 14.6 Å². The maximum Gasteiger partial charge on any atom is 0.227 e. The number of hydrogen-bond donors (Lipinski definition) is 0. The fourth-order valence-electron chi connectivity index (χ4n) is 1.65. The Bertz CT molecular complexity index is 364. The molecule has 0 aliphatic rings. The Labute approximate surface area is 116 Å². The van der Waals surface area contributed by atoms with Gasteiger partial charge in [-0.1, -0.05) is 27.7 Å². The van der Waals surface area contributed by atoms with Gasteiger partial charge in [0.1, 0.15) is 9.84 Å². The monoisotopic (exact) mass is 296 g/mol. The molecule has 0 saturated carbocycles. The average Bonchev–Trinajstić information content (AvgIpc) is 2.33. The second kappa shape index (κ2) is 7.49. The lowest BCUT2D eigenvalue weighted by Crippen LogP contribution is -2.24. The first-order chi connectivity index (χ1) is 8.17. The van der Waals surface area contributed by atoms with Crippen molar-refractivity contribution in [1.82, 2.24) is 0 Å². The van der Waals surface area contributed by atoms with Crippen LogP contribution in [0, 0.1) is 11.3 Å². The first kappa shape index (κ1) is 17.9. The minimum atomic E-state index is -2.88. The van der Waals surface area contributed by atoms with Crippen LogP contribution in [0.3, 0.4) is 0 Å². The first-order valence-electron chi connectivity index (χ1n) is 6.57. The largest absolute Gasteiger partial charge is 0.281 e. The Morgan fingerprint density at radius 2 is 1.83 bits per heavy atom. The zero-order chi connectivity index (χ0) is 14.4. The van der Waals surface area contributed by atoms with Crippen LogP contribution in [0.5, 0.6) is 0 Å². The van der Waals surface area contributed by atoms with E-state index in [1.54, 1.807) is 6.92 Å². The maximum atomic E-state index is 11.4. The van der Waals surface area contributed by atoms with E-state index in [-0.39, 0.29) is 16.7 Å². The third-order valence-electron chi connectivity index (χ3n) is 3.81. The zero-order valence-corrected chi connectivity index (χ0v) is 13.4. The number of rotatable bonds is 9. The lowest BCUT2D eigenvalue weighted by Gasteiger charge is -2.25. The molecule has 0 bridgehead atoms. The Hall–Kier alpha value is -0.0900. The summed E-state index contributed by atoms with van der Waals surface area (Å²) in [5.41, 5.74) is -0.473. The minimum absolute atomic E-state index is 0.201. The van der Waals surface area contributed by atoms with Gasteiger partial charge in [-0.25, -0.2) is 8.42 Å². The highest BCUT2D eigenvalue weighted by molar-refractivity contribution is 7.91. The highest BCUT2D eigenvalue weighted by Crippen LogP contribution is 2.32. The molecule has 3 nitrogen and oxygen atoms in total. The van der Waals surface area contributed by atoms with Crippen LogP contribution in [0.15, 0.2) is 0 Å². The quantitative estimate of drug-likeness (QED) is 0.613. The summed E-state index contributed by atoms with van der Waals surface area (Å²) in [6.45, 7) is 7.52. The molecule has 2 atom stereocenters. The Kier molecular flexibility index (Phi) is 7.45. The van der Waals surface area contributed by atoms with Crippen LogP contribution in [0.2, 0.25) is 0 Å². The molecule has 0 aromatic heterocycles. The maximum absolute atomic E-state index is 11.4. The van der Waals surface area contributed by atoms with Crippen molar-refractivity contribution in [1.29, 1.82) is 0 Å². The summed E-state index contributed by atoms with van der Waals surface area (Å²) in [6, 6.07) is 0.